The van der Waals surface area contributed by atoms with Crippen LogP contribution in [0.3, 0.4) is 0 Å². The van der Waals surface area contributed by atoms with E-state index >= 15 is 0 Å². The monoisotopic (exact) mass is 446 g/mol. The molecule has 0 fully saturated rings. The van der Waals surface area contributed by atoms with Crippen LogP contribution < -0.4 is 14.8 Å². The van der Waals surface area contributed by atoms with Gasteiger partial charge in [0, 0.05) is 23.7 Å². The zero-order valence-corrected chi connectivity index (χ0v) is 18.6. The third-order valence-electron chi connectivity index (χ3n) is 4.11. The van der Waals surface area contributed by atoms with Gasteiger partial charge in [-0.2, -0.15) is 0 Å². The number of thioether (sulfide) groups is 1. The highest BCUT2D eigenvalue weighted by Crippen LogP contribution is 2.30. The highest BCUT2D eigenvalue weighted by Gasteiger charge is 2.15. The first-order valence-corrected chi connectivity index (χ1v) is 10.9. The topological polar surface area (TPSA) is 78.3 Å². The van der Waals surface area contributed by atoms with Gasteiger partial charge in [-0.15, -0.1) is 10.2 Å². The van der Waals surface area contributed by atoms with E-state index in [9.17, 15) is 4.79 Å². The lowest BCUT2D eigenvalue weighted by Crippen LogP contribution is -2.15. The molecule has 7 nitrogen and oxygen atoms in total. The van der Waals surface area contributed by atoms with Gasteiger partial charge in [0.05, 0.1) is 24.7 Å². The average molecular weight is 447 g/mol. The summed E-state index contributed by atoms with van der Waals surface area (Å²) in [5, 5.41) is 12.6. The molecule has 0 radical (unpaired) electrons. The number of nitrogens with one attached hydrogen (secondary N) is 1. The molecule has 0 spiro atoms. The molecule has 2 aromatic carbocycles. The number of aromatic nitrogens is 3. The SMILES string of the molecule is CCOc1ccc(OCC)c(NC(=O)CSc2nnc(-c3ccc(Cl)cc3)n2C)c1. The van der Waals surface area contributed by atoms with Crippen molar-refractivity contribution in [3.05, 3.63) is 47.5 Å². The van der Waals surface area contributed by atoms with Gasteiger partial charge in [-0.1, -0.05) is 23.4 Å². The Morgan fingerprint density at radius 1 is 1.10 bits per heavy atom. The number of halogens is 1. The van der Waals surface area contributed by atoms with Crippen LogP contribution in [0, 0.1) is 0 Å². The molecule has 158 valence electrons. The Balaban J connectivity index is 1.66. The van der Waals surface area contributed by atoms with E-state index in [1.165, 1.54) is 11.8 Å². The van der Waals surface area contributed by atoms with Gasteiger partial charge in [-0.25, -0.2) is 0 Å². The molecular weight excluding hydrogens is 424 g/mol. The van der Waals surface area contributed by atoms with Crippen LogP contribution in [0.5, 0.6) is 11.5 Å². The van der Waals surface area contributed by atoms with Gasteiger partial charge in [0.1, 0.15) is 11.5 Å². The molecule has 0 aliphatic carbocycles. The molecule has 0 saturated carbocycles. The van der Waals surface area contributed by atoms with Gasteiger partial charge in [0.2, 0.25) is 5.91 Å². The maximum absolute atomic E-state index is 12.5. The van der Waals surface area contributed by atoms with Crippen molar-refractivity contribution in [2.24, 2.45) is 7.05 Å². The lowest BCUT2D eigenvalue weighted by molar-refractivity contribution is -0.113. The predicted molar refractivity (Wildman–Crippen MR) is 120 cm³/mol. The minimum Gasteiger partial charge on any atom is -0.494 e. The number of hydrogen-bond acceptors (Lipinski definition) is 6. The van der Waals surface area contributed by atoms with E-state index < -0.39 is 0 Å². The van der Waals surface area contributed by atoms with Crippen molar-refractivity contribution in [2.75, 3.05) is 24.3 Å². The standard InChI is InChI=1S/C21H23ClN4O3S/c1-4-28-16-10-11-18(29-5-2)17(12-16)23-19(27)13-30-21-25-24-20(26(21)3)14-6-8-15(22)9-7-14/h6-12H,4-5,13H2,1-3H3,(H,23,27). The fraction of sp³-hybridized carbons (Fsp3) is 0.286. The van der Waals surface area contributed by atoms with E-state index in [0.29, 0.717) is 46.4 Å². The van der Waals surface area contributed by atoms with Gasteiger partial charge in [0.25, 0.3) is 0 Å². The van der Waals surface area contributed by atoms with Crippen molar-refractivity contribution in [3.63, 3.8) is 0 Å². The van der Waals surface area contributed by atoms with Crippen LogP contribution in [0.15, 0.2) is 47.6 Å². The predicted octanol–water partition coefficient (Wildman–Crippen LogP) is 4.66. The van der Waals surface area contributed by atoms with E-state index in [0.717, 1.165) is 5.56 Å². The Bertz CT molecular complexity index is 1010. The van der Waals surface area contributed by atoms with Crippen LogP contribution in [0.4, 0.5) is 5.69 Å². The summed E-state index contributed by atoms with van der Waals surface area (Å²) in [6, 6.07) is 12.7. The zero-order chi connectivity index (χ0) is 21.5. The largest absolute Gasteiger partial charge is 0.494 e. The first kappa shape index (κ1) is 22.0. The number of anilines is 1. The van der Waals surface area contributed by atoms with Gasteiger partial charge in [0.15, 0.2) is 11.0 Å². The molecule has 0 aliphatic rings. The number of amides is 1. The molecule has 3 rings (SSSR count). The first-order valence-electron chi connectivity index (χ1n) is 9.49. The van der Waals surface area contributed by atoms with Gasteiger partial charge in [-0.05, 0) is 50.2 Å². The molecule has 0 aliphatic heterocycles. The molecular formula is C21H23ClN4O3S. The quantitative estimate of drug-likeness (QED) is 0.481. The molecule has 9 heteroatoms. The van der Waals surface area contributed by atoms with Crippen molar-refractivity contribution >= 4 is 35.0 Å². The van der Waals surface area contributed by atoms with Crippen molar-refractivity contribution in [1.29, 1.82) is 0 Å². The van der Waals surface area contributed by atoms with E-state index in [-0.39, 0.29) is 11.7 Å². The normalized spacial score (nSPS) is 10.7. The molecule has 3 aromatic rings. The van der Waals surface area contributed by atoms with Crippen LogP contribution in [0.25, 0.3) is 11.4 Å². The summed E-state index contributed by atoms with van der Waals surface area (Å²) in [4.78, 5) is 12.5. The summed E-state index contributed by atoms with van der Waals surface area (Å²) in [6.45, 7) is 4.84. The first-order chi connectivity index (χ1) is 14.5. The number of nitrogens with zero attached hydrogens (tertiary/aromatic N) is 3. The molecule has 0 unspecified atom stereocenters. The van der Waals surface area contributed by atoms with Crippen molar-refractivity contribution in [2.45, 2.75) is 19.0 Å². The summed E-state index contributed by atoms with van der Waals surface area (Å²) in [6.07, 6.45) is 0. The zero-order valence-electron chi connectivity index (χ0n) is 17.0. The second kappa shape index (κ2) is 10.4. The lowest BCUT2D eigenvalue weighted by atomic mass is 10.2. The second-order valence-electron chi connectivity index (χ2n) is 6.23. The van der Waals surface area contributed by atoms with E-state index in [4.69, 9.17) is 21.1 Å². The van der Waals surface area contributed by atoms with Crippen LogP contribution >= 0.6 is 23.4 Å². The van der Waals surface area contributed by atoms with Crippen molar-refractivity contribution in [1.82, 2.24) is 14.8 Å². The van der Waals surface area contributed by atoms with Crippen LogP contribution in [0.1, 0.15) is 13.8 Å². The summed E-state index contributed by atoms with van der Waals surface area (Å²) >= 11 is 7.25. The number of carbonyl (C=O) groups excluding carboxylic acids is 1. The Morgan fingerprint density at radius 3 is 2.53 bits per heavy atom. The molecule has 0 atom stereocenters. The number of benzene rings is 2. The molecule has 0 bridgehead atoms. The molecule has 30 heavy (non-hydrogen) atoms. The van der Waals surface area contributed by atoms with E-state index in [1.54, 1.807) is 24.3 Å². The van der Waals surface area contributed by atoms with Gasteiger partial charge in [-0.3, -0.25) is 4.79 Å². The molecule has 1 aromatic heterocycles. The Labute approximate surface area is 184 Å². The Morgan fingerprint density at radius 2 is 1.83 bits per heavy atom. The summed E-state index contributed by atoms with van der Waals surface area (Å²) < 4.78 is 13.0. The summed E-state index contributed by atoms with van der Waals surface area (Å²) in [5.74, 6) is 1.98. The molecule has 1 amide bonds. The number of hydrogen-bond donors (Lipinski definition) is 1. The average Bonchev–Trinajstić information content (AvgIpc) is 3.10. The summed E-state index contributed by atoms with van der Waals surface area (Å²) in [5.41, 5.74) is 1.48. The highest BCUT2D eigenvalue weighted by atomic mass is 35.5. The Kier molecular flexibility index (Phi) is 7.59. The van der Waals surface area contributed by atoms with Gasteiger partial charge < -0.3 is 19.4 Å². The van der Waals surface area contributed by atoms with Crippen molar-refractivity contribution in [3.8, 4) is 22.9 Å². The minimum atomic E-state index is -0.175. The van der Waals surface area contributed by atoms with Crippen LogP contribution in [0.2, 0.25) is 5.02 Å². The number of ether oxygens (including phenoxy) is 2. The fourth-order valence-corrected chi connectivity index (χ4v) is 3.59. The van der Waals surface area contributed by atoms with Crippen LogP contribution in [-0.2, 0) is 11.8 Å². The Hall–Kier alpha value is -2.71. The van der Waals surface area contributed by atoms with E-state index in [1.807, 2.05) is 43.7 Å². The molecule has 1 N–H and O–H groups in total. The molecule has 0 saturated heterocycles. The second-order valence-corrected chi connectivity index (χ2v) is 7.61. The highest BCUT2D eigenvalue weighted by molar-refractivity contribution is 7.99. The maximum Gasteiger partial charge on any atom is 0.234 e. The third kappa shape index (κ3) is 5.46. The number of rotatable bonds is 9. The lowest BCUT2D eigenvalue weighted by Gasteiger charge is -2.13. The van der Waals surface area contributed by atoms with Crippen LogP contribution in [-0.4, -0.2) is 39.6 Å². The number of carbonyl (C=O) groups is 1. The van der Waals surface area contributed by atoms with Crippen molar-refractivity contribution < 1.29 is 14.3 Å². The fourth-order valence-electron chi connectivity index (χ4n) is 2.75. The smallest absolute Gasteiger partial charge is 0.234 e. The van der Waals surface area contributed by atoms with E-state index in [2.05, 4.69) is 15.5 Å². The molecule has 1 heterocycles. The van der Waals surface area contributed by atoms with Gasteiger partial charge >= 0.3 is 0 Å². The maximum atomic E-state index is 12.5. The summed E-state index contributed by atoms with van der Waals surface area (Å²) in [7, 11) is 1.86. The minimum absolute atomic E-state index is 0.175. The third-order valence-corrected chi connectivity index (χ3v) is 5.38.